The van der Waals surface area contributed by atoms with Crippen LogP contribution in [0.25, 0.3) is 11.4 Å². The number of hydrogen-bond acceptors (Lipinski definition) is 7. The summed E-state index contributed by atoms with van der Waals surface area (Å²) in [5.74, 6) is 1.44. The summed E-state index contributed by atoms with van der Waals surface area (Å²) >= 11 is 1.45. The molecule has 1 amide bonds. The summed E-state index contributed by atoms with van der Waals surface area (Å²) in [5, 5.41) is 10.7. The Labute approximate surface area is 209 Å². The van der Waals surface area contributed by atoms with Crippen LogP contribution in [0.1, 0.15) is 18.4 Å². The fraction of sp³-hybridized carbons (Fsp3) is 0.375. The maximum absolute atomic E-state index is 13.2. The van der Waals surface area contributed by atoms with E-state index in [1.54, 1.807) is 25.3 Å². The van der Waals surface area contributed by atoms with E-state index in [9.17, 15) is 13.2 Å². The smallest absolute Gasteiger partial charge is 0.243 e. The SMILES string of the molecule is COc1ccc(S(=O)(=O)N2CCCC(C(=O)NCCSc3n[nH]c(-c4ccccc4)n3)C2)cc1C. The molecule has 2 heterocycles. The maximum Gasteiger partial charge on any atom is 0.243 e. The lowest BCUT2D eigenvalue weighted by molar-refractivity contribution is -0.125. The van der Waals surface area contributed by atoms with E-state index in [1.807, 2.05) is 37.3 Å². The van der Waals surface area contributed by atoms with Gasteiger partial charge in [0.15, 0.2) is 5.82 Å². The third kappa shape index (κ3) is 6.03. The van der Waals surface area contributed by atoms with E-state index in [1.165, 1.54) is 16.1 Å². The van der Waals surface area contributed by atoms with Gasteiger partial charge in [-0.3, -0.25) is 9.89 Å². The fourth-order valence-electron chi connectivity index (χ4n) is 4.03. The molecule has 0 radical (unpaired) electrons. The Morgan fingerprint density at radius 2 is 2.06 bits per heavy atom. The summed E-state index contributed by atoms with van der Waals surface area (Å²) in [6.07, 6.45) is 1.30. The molecule has 1 atom stereocenters. The zero-order chi connectivity index (χ0) is 24.8. The van der Waals surface area contributed by atoms with Crippen molar-refractivity contribution in [1.29, 1.82) is 0 Å². The number of nitrogens with zero attached hydrogens (tertiary/aromatic N) is 3. The number of rotatable bonds is 9. The van der Waals surface area contributed by atoms with Crippen molar-refractivity contribution in [3.05, 3.63) is 54.1 Å². The summed E-state index contributed by atoms with van der Waals surface area (Å²) < 4.78 is 33.0. The molecule has 11 heteroatoms. The van der Waals surface area contributed by atoms with Gasteiger partial charge >= 0.3 is 0 Å². The lowest BCUT2D eigenvalue weighted by Gasteiger charge is -2.31. The predicted octanol–water partition coefficient (Wildman–Crippen LogP) is 3.10. The first-order valence-electron chi connectivity index (χ1n) is 11.4. The Balaban J connectivity index is 1.28. The summed E-state index contributed by atoms with van der Waals surface area (Å²) in [7, 11) is -2.13. The van der Waals surface area contributed by atoms with Gasteiger partial charge < -0.3 is 10.1 Å². The third-order valence-corrected chi connectivity index (χ3v) is 8.61. The Hall–Kier alpha value is -2.89. The van der Waals surface area contributed by atoms with Gasteiger partial charge in [0.25, 0.3) is 0 Å². The van der Waals surface area contributed by atoms with Crippen LogP contribution in [0.15, 0.2) is 58.6 Å². The number of ether oxygens (including phenoxy) is 1. The molecule has 1 saturated heterocycles. The minimum Gasteiger partial charge on any atom is -0.496 e. The highest BCUT2D eigenvalue weighted by Gasteiger charge is 2.33. The number of thioether (sulfide) groups is 1. The van der Waals surface area contributed by atoms with E-state index in [0.717, 1.165) is 11.1 Å². The van der Waals surface area contributed by atoms with Gasteiger partial charge in [0.2, 0.25) is 21.1 Å². The van der Waals surface area contributed by atoms with Crippen LogP contribution in [-0.2, 0) is 14.8 Å². The monoisotopic (exact) mass is 515 g/mol. The average molecular weight is 516 g/mol. The maximum atomic E-state index is 13.2. The normalized spacial score (nSPS) is 16.7. The van der Waals surface area contributed by atoms with Crippen molar-refractivity contribution in [3.8, 4) is 17.1 Å². The van der Waals surface area contributed by atoms with Crippen LogP contribution in [0.4, 0.5) is 0 Å². The number of hydrogen-bond donors (Lipinski definition) is 2. The standard InChI is InChI=1S/C24H29N5O4S2/c1-17-15-20(10-11-21(17)33-2)35(31,32)29-13-6-9-19(16-29)23(30)25-12-14-34-24-26-22(27-28-24)18-7-4-3-5-8-18/h3-5,7-8,10-11,15,19H,6,9,12-14,16H2,1-2H3,(H,25,30)(H,26,27,28). The highest BCUT2D eigenvalue weighted by atomic mass is 32.2. The molecule has 0 aliphatic carbocycles. The average Bonchev–Trinajstić information content (AvgIpc) is 3.36. The van der Waals surface area contributed by atoms with Crippen molar-refractivity contribution in [1.82, 2.24) is 24.8 Å². The predicted molar refractivity (Wildman–Crippen MR) is 135 cm³/mol. The number of H-pyrrole nitrogens is 1. The molecule has 1 unspecified atom stereocenters. The molecule has 1 aliphatic heterocycles. The molecule has 2 N–H and O–H groups in total. The van der Waals surface area contributed by atoms with Crippen molar-refractivity contribution >= 4 is 27.7 Å². The molecule has 35 heavy (non-hydrogen) atoms. The van der Waals surface area contributed by atoms with Crippen molar-refractivity contribution in [2.45, 2.75) is 29.8 Å². The Morgan fingerprint density at radius 3 is 2.80 bits per heavy atom. The first-order valence-corrected chi connectivity index (χ1v) is 13.8. The molecule has 1 aliphatic rings. The van der Waals surface area contributed by atoms with Gasteiger partial charge in [-0.25, -0.2) is 13.4 Å². The van der Waals surface area contributed by atoms with E-state index in [2.05, 4.69) is 20.5 Å². The molecule has 0 spiro atoms. The minimum atomic E-state index is -3.68. The van der Waals surface area contributed by atoms with Crippen LogP contribution in [0, 0.1) is 12.8 Å². The summed E-state index contributed by atoms with van der Waals surface area (Å²) in [6.45, 7) is 2.83. The van der Waals surface area contributed by atoms with E-state index in [-0.39, 0.29) is 23.3 Å². The second-order valence-corrected chi connectivity index (χ2v) is 11.3. The molecule has 186 valence electrons. The van der Waals surface area contributed by atoms with Crippen molar-refractivity contribution in [2.24, 2.45) is 5.92 Å². The number of benzene rings is 2. The molecule has 2 aromatic carbocycles. The first kappa shape index (κ1) is 25.2. The largest absolute Gasteiger partial charge is 0.496 e. The van der Waals surface area contributed by atoms with Crippen molar-refractivity contribution in [3.63, 3.8) is 0 Å². The van der Waals surface area contributed by atoms with Crippen LogP contribution in [0.3, 0.4) is 0 Å². The van der Waals surface area contributed by atoms with Crippen LogP contribution in [0.5, 0.6) is 5.75 Å². The van der Waals surface area contributed by atoms with Crippen LogP contribution in [-0.4, -0.2) is 66.3 Å². The molecule has 4 rings (SSSR count). The molecule has 0 saturated carbocycles. The van der Waals surface area contributed by atoms with Crippen LogP contribution >= 0.6 is 11.8 Å². The number of piperidine rings is 1. The van der Waals surface area contributed by atoms with E-state index in [0.29, 0.717) is 48.4 Å². The molecule has 9 nitrogen and oxygen atoms in total. The number of methoxy groups -OCH3 is 1. The first-order chi connectivity index (χ1) is 16.9. The number of aryl methyl sites for hydroxylation is 1. The van der Waals surface area contributed by atoms with E-state index < -0.39 is 10.0 Å². The Kier molecular flexibility index (Phi) is 8.09. The number of sulfonamides is 1. The molecular formula is C24H29N5O4S2. The minimum absolute atomic E-state index is 0.128. The number of carbonyl (C=O) groups is 1. The number of aromatic nitrogens is 3. The highest BCUT2D eigenvalue weighted by Crippen LogP contribution is 2.27. The van der Waals surface area contributed by atoms with Gasteiger partial charge in [-0.15, -0.1) is 5.10 Å². The van der Waals surface area contributed by atoms with E-state index in [4.69, 9.17) is 4.74 Å². The highest BCUT2D eigenvalue weighted by molar-refractivity contribution is 7.99. The summed E-state index contributed by atoms with van der Waals surface area (Å²) in [4.78, 5) is 17.4. The lowest BCUT2D eigenvalue weighted by atomic mass is 9.99. The van der Waals surface area contributed by atoms with E-state index >= 15 is 0 Å². The second-order valence-electron chi connectivity index (χ2n) is 8.31. The molecule has 3 aromatic rings. The number of aromatic amines is 1. The summed E-state index contributed by atoms with van der Waals surface area (Å²) in [5.41, 5.74) is 1.71. The lowest BCUT2D eigenvalue weighted by Crippen LogP contribution is -2.45. The molecule has 0 bridgehead atoms. The quantitative estimate of drug-likeness (QED) is 0.332. The van der Waals surface area contributed by atoms with Crippen molar-refractivity contribution in [2.75, 3.05) is 32.5 Å². The van der Waals surface area contributed by atoms with Crippen molar-refractivity contribution < 1.29 is 17.9 Å². The molecular weight excluding hydrogens is 486 g/mol. The van der Waals surface area contributed by atoms with Gasteiger partial charge in [0, 0.05) is 31.0 Å². The van der Waals surface area contributed by atoms with Gasteiger partial charge in [-0.2, -0.15) is 4.31 Å². The number of carbonyl (C=O) groups excluding carboxylic acids is 1. The Bertz CT molecular complexity index is 1260. The number of amides is 1. The van der Waals surface area contributed by atoms with Gasteiger partial charge in [-0.05, 0) is 43.5 Å². The number of nitrogens with one attached hydrogen (secondary N) is 2. The zero-order valence-corrected chi connectivity index (χ0v) is 21.4. The topological polar surface area (TPSA) is 117 Å². The third-order valence-electron chi connectivity index (χ3n) is 5.90. The summed E-state index contributed by atoms with van der Waals surface area (Å²) in [6, 6.07) is 14.6. The van der Waals surface area contributed by atoms with Crippen LogP contribution < -0.4 is 10.1 Å². The van der Waals surface area contributed by atoms with Gasteiger partial charge in [0.05, 0.1) is 17.9 Å². The van der Waals surface area contributed by atoms with Gasteiger partial charge in [0.1, 0.15) is 5.75 Å². The second kappa shape index (κ2) is 11.2. The van der Waals surface area contributed by atoms with Crippen LogP contribution in [0.2, 0.25) is 0 Å². The molecule has 1 fully saturated rings. The van der Waals surface area contributed by atoms with Gasteiger partial charge in [-0.1, -0.05) is 42.1 Å². The fourth-order valence-corrected chi connectivity index (χ4v) is 6.29. The molecule has 1 aromatic heterocycles. The Morgan fingerprint density at radius 1 is 1.26 bits per heavy atom. The zero-order valence-electron chi connectivity index (χ0n) is 19.7.